The first-order valence-electron chi connectivity index (χ1n) is 5.92. The minimum Gasteiger partial charge on any atom is -0.339 e. The molecule has 1 aromatic rings. The molecular formula is C12H13BrCl3N3OS. The Bertz CT molecular complexity index is 525. The second-order valence-corrected chi connectivity index (χ2v) is 7.61. The van der Waals surface area contributed by atoms with Gasteiger partial charge in [0.05, 0.1) is 5.69 Å². The number of carbonyl (C=O) groups is 1. The molecule has 116 valence electrons. The number of carbonyl (C=O) groups excluding carboxylic acids is 1. The molecule has 0 heterocycles. The van der Waals surface area contributed by atoms with Crippen LogP contribution in [0.1, 0.15) is 13.3 Å². The van der Waals surface area contributed by atoms with Gasteiger partial charge in [-0.05, 0) is 40.3 Å². The van der Waals surface area contributed by atoms with Gasteiger partial charge in [0, 0.05) is 10.9 Å². The fraction of sp³-hybridized carbons (Fsp3) is 0.333. The summed E-state index contributed by atoms with van der Waals surface area (Å²) in [6, 6.07) is 7.40. The van der Waals surface area contributed by atoms with Crippen LogP contribution in [0.3, 0.4) is 0 Å². The van der Waals surface area contributed by atoms with Gasteiger partial charge in [0.25, 0.3) is 0 Å². The van der Waals surface area contributed by atoms with E-state index >= 15 is 0 Å². The fourth-order valence-corrected chi connectivity index (χ4v) is 2.25. The Hall–Kier alpha value is -0.270. The molecule has 0 aliphatic heterocycles. The summed E-state index contributed by atoms with van der Waals surface area (Å²) in [5.41, 5.74) is 0.750. The zero-order valence-electron chi connectivity index (χ0n) is 10.9. The average molecular weight is 434 g/mol. The summed E-state index contributed by atoms with van der Waals surface area (Å²) >= 11 is 26.1. The van der Waals surface area contributed by atoms with Gasteiger partial charge < -0.3 is 16.0 Å². The summed E-state index contributed by atoms with van der Waals surface area (Å²) in [5.74, 6) is -0.262. The number of amides is 1. The highest BCUT2D eigenvalue weighted by molar-refractivity contribution is 9.10. The van der Waals surface area contributed by atoms with Crippen LogP contribution in [-0.2, 0) is 4.79 Å². The summed E-state index contributed by atoms with van der Waals surface area (Å²) in [5, 5.41) is 8.49. The van der Waals surface area contributed by atoms with Gasteiger partial charge in [-0.2, -0.15) is 0 Å². The van der Waals surface area contributed by atoms with Gasteiger partial charge in [0.2, 0.25) is 9.70 Å². The Balaban J connectivity index is 2.73. The largest absolute Gasteiger partial charge is 0.339 e. The topological polar surface area (TPSA) is 53.2 Å². The molecule has 0 unspecified atom stereocenters. The number of anilines is 1. The van der Waals surface area contributed by atoms with Crippen molar-refractivity contribution >= 4 is 79.7 Å². The van der Waals surface area contributed by atoms with Crippen LogP contribution in [0.4, 0.5) is 5.69 Å². The molecule has 1 amide bonds. The number of rotatable bonds is 4. The number of alkyl halides is 3. The standard InChI is InChI=1S/C12H13BrCl3N3OS/c1-2-9(20)18-10(12(14,15)16)19-11(21)17-8-6-4-3-5-7(8)13/h3-6,10H,2H2,1H3,(H,18,20)(H2,17,19,21)/t10-/m0/s1. The van der Waals surface area contributed by atoms with Crippen molar-refractivity contribution < 1.29 is 4.79 Å². The molecule has 21 heavy (non-hydrogen) atoms. The van der Waals surface area contributed by atoms with E-state index in [1.165, 1.54) is 0 Å². The lowest BCUT2D eigenvalue weighted by molar-refractivity contribution is -0.121. The zero-order chi connectivity index (χ0) is 16.0. The summed E-state index contributed by atoms with van der Waals surface area (Å²) in [6.07, 6.45) is -0.680. The van der Waals surface area contributed by atoms with Crippen molar-refractivity contribution in [1.29, 1.82) is 0 Å². The van der Waals surface area contributed by atoms with E-state index in [0.29, 0.717) is 0 Å². The lowest BCUT2D eigenvalue weighted by Gasteiger charge is -2.27. The summed E-state index contributed by atoms with van der Waals surface area (Å²) in [4.78, 5) is 11.5. The minimum atomic E-state index is -1.75. The molecule has 0 bridgehead atoms. The lowest BCUT2D eigenvalue weighted by Crippen LogP contribution is -2.56. The molecule has 0 radical (unpaired) electrons. The van der Waals surface area contributed by atoms with Crippen molar-refractivity contribution in [1.82, 2.24) is 10.6 Å². The summed E-state index contributed by atoms with van der Waals surface area (Å²) in [7, 11) is 0. The second-order valence-electron chi connectivity index (χ2n) is 3.97. The van der Waals surface area contributed by atoms with Gasteiger partial charge in [-0.25, -0.2) is 0 Å². The van der Waals surface area contributed by atoms with Gasteiger partial charge in [0.15, 0.2) is 5.11 Å². The molecule has 0 aliphatic carbocycles. The highest BCUT2D eigenvalue weighted by Crippen LogP contribution is 2.29. The number of hydrogen-bond acceptors (Lipinski definition) is 2. The van der Waals surface area contributed by atoms with Crippen LogP contribution in [0.5, 0.6) is 0 Å². The van der Waals surface area contributed by atoms with Crippen molar-refractivity contribution in [2.75, 3.05) is 5.32 Å². The van der Waals surface area contributed by atoms with Crippen LogP contribution >= 0.6 is 63.0 Å². The molecule has 9 heteroatoms. The molecule has 0 saturated heterocycles. The lowest BCUT2D eigenvalue weighted by atomic mass is 10.3. The molecule has 1 aromatic carbocycles. The Kier molecular flexibility index (Phi) is 7.50. The van der Waals surface area contributed by atoms with E-state index in [0.717, 1.165) is 10.2 Å². The summed E-state index contributed by atoms with van der Waals surface area (Å²) < 4.78 is -0.915. The van der Waals surface area contributed by atoms with Crippen LogP contribution in [0.2, 0.25) is 0 Å². The smallest absolute Gasteiger partial charge is 0.228 e. The van der Waals surface area contributed by atoms with Crippen LogP contribution < -0.4 is 16.0 Å². The molecule has 0 spiro atoms. The fourth-order valence-electron chi connectivity index (χ4n) is 1.31. The normalized spacial score (nSPS) is 12.4. The van der Waals surface area contributed by atoms with Crippen molar-refractivity contribution in [3.63, 3.8) is 0 Å². The van der Waals surface area contributed by atoms with Crippen LogP contribution in [0, 0.1) is 0 Å². The van der Waals surface area contributed by atoms with E-state index in [9.17, 15) is 4.79 Å². The van der Waals surface area contributed by atoms with Crippen molar-refractivity contribution in [3.05, 3.63) is 28.7 Å². The third-order valence-corrected chi connectivity index (χ3v) is 3.92. The molecule has 3 N–H and O–H groups in total. The maximum atomic E-state index is 11.5. The Morgan fingerprint density at radius 1 is 1.33 bits per heavy atom. The number of nitrogens with one attached hydrogen (secondary N) is 3. The Morgan fingerprint density at radius 3 is 2.48 bits per heavy atom. The van der Waals surface area contributed by atoms with Crippen molar-refractivity contribution in [2.24, 2.45) is 0 Å². The van der Waals surface area contributed by atoms with Gasteiger partial charge in [-0.1, -0.05) is 53.9 Å². The first kappa shape index (κ1) is 18.8. The van der Waals surface area contributed by atoms with E-state index in [1.54, 1.807) is 6.92 Å². The Labute approximate surface area is 152 Å². The molecule has 1 atom stereocenters. The molecule has 0 aliphatic rings. The van der Waals surface area contributed by atoms with Gasteiger partial charge in [0.1, 0.15) is 6.17 Å². The third kappa shape index (κ3) is 6.57. The number of thiocarbonyl (C=S) groups is 1. The average Bonchev–Trinajstić information content (AvgIpc) is 2.39. The predicted molar refractivity (Wildman–Crippen MR) is 96.0 cm³/mol. The van der Waals surface area contributed by atoms with Crippen LogP contribution in [-0.4, -0.2) is 21.0 Å². The molecule has 0 saturated carbocycles. The second kappa shape index (κ2) is 8.39. The minimum absolute atomic E-state index is 0.217. The first-order valence-corrected chi connectivity index (χ1v) is 8.25. The molecular weight excluding hydrogens is 420 g/mol. The van der Waals surface area contributed by atoms with Crippen LogP contribution in [0.25, 0.3) is 0 Å². The SMILES string of the molecule is CCC(=O)N[C@@H](NC(=S)Nc1ccccc1Br)C(Cl)(Cl)Cl. The van der Waals surface area contributed by atoms with Gasteiger partial charge >= 0.3 is 0 Å². The highest BCUT2D eigenvalue weighted by atomic mass is 79.9. The molecule has 0 aromatic heterocycles. The number of benzene rings is 1. The monoisotopic (exact) mass is 431 g/mol. The van der Waals surface area contributed by atoms with Crippen molar-refractivity contribution in [3.8, 4) is 0 Å². The quantitative estimate of drug-likeness (QED) is 0.382. The van der Waals surface area contributed by atoms with E-state index in [1.807, 2.05) is 24.3 Å². The molecule has 0 fully saturated rings. The van der Waals surface area contributed by atoms with Gasteiger partial charge in [-0.3, -0.25) is 4.79 Å². The number of hydrogen-bond donors (Lipinski definition) is 3. The van der Waals surface area contributed by atoms with Crippen molar-refractivity contribution in [2.45, 2.75) is 23.3 Å². The highest BCUT2D eigenvalue weighted by Gasteiger charge is 2.34. The first-order chi connectivity index (χ1) is 9.74. The molecule has 4 nitrogen and oxygen atoms in total. The maximum Gasteiger partial charge on any atom is 0.228 e. The van der Waals surface area contributed by atoms with E-state index in [4.69, 9.17) is 47.0 Å². The van der Waals surface area contributed by atoms with Crippen LogP contribution in [0.15, 0.2) is 28.7 Å². The van der Waals surface area contributed by atoms with E-state index in [2.05, 4.69) is 31.9 Å². The maximum absolute atomic E-state index is 11.5. The number of halogens is 4. The van der Waals surface area contributed by atoms with E-state index < -0.39 is 9.96 Å². The zero-order valence-corrected chi connectivity index (χ0v) is 15.6. The summed E-state index contributed by atoms with van der Waals surface area (Å²) in [6.45, 7) is 1.70. The molecule has 1 rings (SSSR count). The van der Waals surface area contributed by atoms with Gasteiger partial charge in [-0.15, -0.1) is 0 Å². The predicted octanol–water partition coefficient (Wildman–Crippen LogP) is 3.96. The Morgan fingerprint density at radius 2 is 1.95 bits per heavy atom. The third-order valence-electron chi connectivity index (χ3n) is 2.35. The van der Waals surface area contributed by atoms with E-state index in [-0.39, 0.29) is 17.4 Å². The number of para-hydroxylation sites is 1.